The molecule has 98 valence electrons. The van der Waals surface area contributed by atoms with E-state index >= 15 is 0 Å². The Morgan fingerprint density at radius 1 is 1.24 bits per heavy atom. The zero-order valence-corrected chi connectivity index (χ0v) is 11.8. The van der Waals surface area contributed by atoms with E-state index in [1.165, 1.54) is 6.42 Å². The molecule has 0 radical (unpaired) electrons. The number of hydrogen-bond acceptors (Lipinski definition) is 2. The van der Waals surface area contributed by atoms with Crippen molar-refractivity contribution in [2.75, 3.05) is 20.1 Å². The molecule has 1 saturated heterocycles. The normalized spacial score (nSPS) is 31.4. The lowest BCUT2D eigenvalue weighted by Gasteiger charge is -2.33. The Bertz CT molecular complexity index is 308. The number of amides is 1. The molecule has 1 saturated carbocycles. The summed E-state index contributed by atoms with van der Waals surface area (Å²) < 4.78 is 0. The Kier molecular flexibility index (Phi) is 3.01. The second-order valence-electron chi connectivity index (χ2n) is 6.79. The van der Waals surface area contributed by atoms with Gasteiger partial charge in [-0.15, -0.1) is 0 Å². The topological polar surface area (TPSA) is 32.3 Å². The van der Waals surface area contributed by atoms with E-state index in [0.717, 1.165) is 19.5 Å². The highest BCUT2D eigenvalue weighted by molar-refractivity contribution is 5.84. The molecule has 1 unspecified atom stereocenters. The molecule has 1 amide bonds. The lowest BCUT2D eigenvalue weighted by molar-refractivity contribution is -0.135. The van der Waals surface area contributed by atoms with E-state index in [1.54, 1.807) is 0 Å². The molecule has 17 heavy (non-hydrogen) atoms. The first kappa shape index (κ1) is 12.9. The smallest absolute Gasteiger partial charge is 0.226 e. The molecule has 2 aliphatic rings. The summed E-state index contributed by atoms with van der Waals surface area (Å²) in [5.41, 5.74) is 0.327. The van der Waals surface area contributed by atoms with Crippen LogP contribution < -0.4 is 5.32 Å². The van der Waals surface area contributed by atoms with Gasteiger partial charge in [0.1, 0.15) is 0 Å². The molecule has 1 heterocycles. The van der Waals surface area contributed by atoms with Gasteiger partial charge < -0.3 is 10.2 Å². The van der Waals surface area contributed by atoms with Gasteiger partial charge in [-0.2, -0.15) is 0 Å². The molecule has 0 spiro atoms. The van der Waals surface area contributed by atoms with E-state index in [0.29, 0.717) is 11.9 Å². The third-order valence-corrected chi connectivity index (χ3v) is 5.41. The van der Waals surface area contributed by atoms with Crippen molar-refractivity contribution in [3.05, 3.63) is 0 Å². The Morgan fingerprint density at radius 3 is 2.29 bits per heavy atom. The first-order valence-corrected chi connectivity index (χ1v) is 6.78. The van der Waals surface area contributed by atoms with Crippen LogP contribution in [0.3, 0.4) is 0 Å². The van der Waals surface area contributed by atoms with Gasteiger partial charge in [0.25, 0.3) is 0 Å². The molecule has 0 aromatic rings. The number of nitrogens with zero attached hydrogens (tertiary/aromatic N) is 1. The van der Waals surface area contributed by atoms with Crippen molar-refractivity contribution in [2.24, 2.45) is 16.7 Å². The van der Waals surface area contributed by atoms with Gasteiger partial charge in [-0.1, -0.05) is 27.7 Å². The fourth-order valence-corrected chi connectivity index (χ4v) is 3.41. The van der Waals surface area contributed by atoms with Gasteiger partial charge in [-0.05, 0) is 30.7 Å². The van der Waals surface area contributed by atoms with E-state index in [-0.39, 0.29) is 16.7 Å². The van der Waals surface area contributed by atoms with Crippen molar-refractivity contribution in [1.29, 1.82) is 0 Å². The van der Waals surface area contributed by atoms with Crippen LogP contribution >= 0.6 is 0 Å². The summed E-state index contributed by atoms with van der Waals surface area (Å²) in [6.45, 7) is 10.7. The molecular formula is C14H26N2O. The van der Waals surface area contributed by atoms with Crippen LogP contribution in [-0.4, -0.2) is 37.0 Å². The van der Waals surface area contributed by atoms with Crippen LogP contribution in [0.5, 0.6) is 0 Å². The average molecular weight is 238 g/mol. The number of hydrogen-bond donors (Lipinski definition) is 1. The number of carbonyl (C=O) groups excluding carboxylic acids is 1. The summed E-state index contributed by atoms with van der Waals surface area (Å²) in [5.74, 6) is 0.588. The number of piperidine rings is 1. The molecule has 1 aliphatic carbocycles. The number of likely N-dealkylation sites (N-methyl/N-ethyl adjacent to an activating group) is 1. The Morgan fingerprint density at radius 2 is 1.82 bits per heavy atom. The SMILES string of the molecule is CNC1CCCN(C(=O)C2C(C)(C)C2(C)C)C1. The maximum absolute atomic E-state index is 12.6. The fraction of sp³-hybridized carbons (Fsp3) is 0.929. The largest absolute Gasteiger partial charge is 0.341 e. The van der Waals surface area contributed by atoms with Gasteiger partial charge in [0.2, 0.25) is 5.91 Å². The van der Waals surface area contributed by atoms with Crippen molar-refractivity contribution < 1.29 is 4.79 Å². The van der Waals surface area contributed by atoms with E-state index in [1.807, 2.05) is 7.05 Å². The maximum Gasteiger partial charge on any atom is 0.226 e. The van der Waals surface area contributed by atoms with Gasteiger partial charge in [0.05, 0.1) is 0 Å². The molecule has 3 heteroatoms. The van der Waals surface area contributed by atoms with Gasteiger partial charge in [-0.25, -0.2) is 0 Å². The Labute approximate surface area is 105 Å². The van der Waals surface area contributed by atoms with E-state index in [9.17, 15) is 4.79 Å². The molecule has 1 N–H and O–H groups in total. The number of rotatable bonds is 2. The minimum Gasteiger partial charge on any atom is -0.341 e. The van der Waals surface area contributed by atoms with Gasteiger partial charge >= 0.3 is 0 Å². The van der Waals surface area contributed by atoms with Crippen molar-refractivity contribution in [3.63, 3.8) is 0 Å². The van der Waals surface area contributed by atoms with Crippen LogP contribution in [0.15, 0.2) is 0 Å². The molecule has 0 bridgehead atoms. The Hall–Kier alpha value is -0.570. The minimum absolute atomic E-state index is 0.163. The van der Waals surface area contributed by atoms with Crippen LogP contribution in [0.25, 0.3) is 0 Å². The highest BCUT2D eigenvalue weighted by atomic mass is 16.2. The quantitative estimate of drug-likeness (QED) is 0.796. The predicted molar refractivity (Wildman–Crippen MR) is 69.7 cm³/mol. The molecule has 0 aromatic heterocycles. The minimum atomic E-state index is 0.163. The van der Waals surface area contributed by atoms with Crippen molar-refractivity contribution >= 4 is 5.91 Å². The van der Waals surface area contributed by atoms with Crippen LogP contribution in [0.4, 0.5) is 0 Å². The molecule has 0 aromatic carbocycles. The van der Waals surface area contributed by atoms with Crippen LogP contribution in [0, 0.1) is 16.7 Å². The van der Waals surface area contributed by atoms with Crippen molar-refractivity contribution in [2.45, 2.75) is 46.6 Å². The summed E-state index contributed by atoms with van der Waals surface area (Å²) in [6.07, 6.45) is 2.32. The monoisotopic (exact) mass is 238 g/mol. The van der Waals surface area contributed by atoms with Crippen molar-refractivity contribution in [3.8, 4) is 0 Å². The van der Waals surface area contributed by atoms with Crippen molar-refractivity contribution in [1.82, 2.24) is 10.2 Å². The van der Waals surface area contributed by atoms with Crippen LogP contribution in [0.2, 0.25) is 0 Å². The summed E-state index contributed by atoms with van der Waals surface area (Å²) in [7, 11) is 1.99. The zero-order chi connectivity index (χ0) is 12.8. The summed E-state index contributed by atoms with van der Waals surface area (Å²) >= 11 is 0. The molecule has 3 nitrogen and oxygen atoms in total. The molecule has 2 rings (SSSR count). The third-order valence-electron chi connectivity index (χ3n) is 5.41. The van der Waals surface area contributed by atoms with Crippen LogP contribution in [-0.2, 0) is 4.79 Å². The standard InChI is InChI=1S/C14H26N2O/c1-13(2)11(14(13,3)4)12(17)16-8-6-7-10(9-16)15-5/h10-11,15H,6-9H2,1-5H3. The van der Waals surface area contributed by atoms with E-state index in [4.69, 9.17) is 0 Å². The maximum atomic E-state index is 12.6. The highest BCUT2D eigenvalue weighted by Crippen LogP contribution is 2.68. The lowest BCUT2D eigenvalue weighted by Crippen LogP contribution is -2.48. The van der Waals surface area contributed by atoms with E-state index < -0.39 is 0 Å². The van der Waals surface area contributed by atoms with E-state index in [2.05, 4.69) is 37.9 Å². The summed E-state index contributed by atoms with van der Waals surface area (Å²) in [6, 6.07) is 0.484. The first-order valence-electron chi connectivity index (χ1n) is 6.78. The molecular weight excluding hydrogens is 212 g/mol. The second-order valence-corrected chi connectivity index (χ2v) is 6.79. The lowest BCUT2D eigenvalue weighted by atomic mass is 10.0. The first-order chi connectivity index (χ1) is 7.82. The van der Waals surface area contributed by atoms with Gasteiger partial charge in [-0.3, -0.25) is 4.79 Å². The number of likely N-dealkylation sites (tertiary alicyclic amines) is 1. The van der Waals surface area contributed by atoms with Gasteiger partial charge in [0.15, 0.2) is 0 Å². The molecule has 1 aliphatic heterocycles. The summed E-state index contributed by atoms with van der Waals surface area (Å²) in [4.78, 5) is 14.6. The second kappa shape index (κ2) is 3.98. The van der Waals surface area contributed by atoms with Gasteiger partial charge in [0, 0.05) is 25.0 Å². The third kappa shape index (κ3) is 1.88. The summed E-state index contributed by atoms with van der Waals surface area (Å²) in [5, 5.41) is 3.30. The zero-order valence-electron chi connectivity index (χ0n) is 11.8. The van der Waals surface area contributed by atoms with Crippen LogP contribution in [0.1, 0.15) is 40.5 Å². The predicted octanol–water partition coefficient (Wildman–Crippen LogP) is 1.88. The highest BCUT2D eigenvalue weighted by Gasteiger charge is 2.68. The fourth-order valence-electron chi connectivity index (χ4n) is 3.41. The number of nitrogens with one attached hydrogen (secondary N) is 1. The average Bonchev–Trinajstić information content (AvgIpc) is 2.69. The molecule has 2 fully saturated rings. The number of carbonyl (C=O) groups is 1. The Balaban J connectivity index is 2.02. The molecule has 1 atom stereocenters.